The first kappa shape index (κ1) is 17.8. The monoisotopic (exact) mass is 348 g/mol. The van der Waals surface area contributed by atoms with E-state index in [-0.39, 0.29) is 11.9 Å². The largest absolute Gasteiger partial charge is 0.324 e. The highest BCUT2D eigenvalue weighted by atomic mass is 35.5. The van der Waals surface area contributed by atoms with Gasteiger partial charge in [-0.1, -0.05) is 18.2 Å². The van der Waals surface area contributed by atoms with Gasteiger partial charge in [0.25, 0.3) is 0 Å². The van der Waals surface area contributed by atoms with Crippen molar-refractivity contribution in [3.63, 3.8) is 0 Å². The van der Waals surface area contributed by atoms with E-state index in [1.54, 1.807) is 0 Å². The van der Waals surface area contributed by atoms with E-state index in [9.17, 15) is 4.79 Å². The molecular weight excluding hydrogens is 320 g/mol. The Morgan fingerprint density at radius 2 is 1.92 bits per heavy atom. The van der Waals surface area contributed by atoms with Crippen molar-refractivity contribution < 1.29 is 4.79 Å². The number of nitrogens with one attached hydrogen (secondary N) is 1. The zero-order chi connectivity index (χ0) is 17.1. The van der Waals surface area contributed by atoms with E-state index in [2.05, 4.69) is 36.2 Å². The number of alkyl halides is 1. The average Bonchev–Trinajstić information content (AvgIpc) is 3.36. The number of carbonyl (C=O) groups is 1. The number of amides is 1. The van der Waals surface area contributed by atoms with E-state index < -0.39 is 0 Å². The zero-order valence-corrected chi connectivity index (χ0v) is 15.6. The van der Waals surface area contributed by atoms with E-state index >= 15 is 0 Å². The number of anilines is 1. The van der Waals surface area contributed by atoms with Crippen molar-refractivity contribution in [3.05, 3.63) is 29.3 Å². The molecule has 1 amide bonds. The normalized spacial score (nSPS) is 24.8. The number of carbonyl (C=O) groups excluding carboxylic acids is 1. The van der Waals surface area contributed by atoms with Crippen LogP contribution in [0.4, 0.5) is 5.69 Å². The Morgan fingerprint density at radius 3 is 2.54 bits per heavy atom. The summed E-state index contributed by atoms with van der Waals surface area (Å²) < 4.78 is 0. The smallest absolute Gasteiger partial charge is 0.241 e. The van der Waals surface area contributed by atoms with Crippen molar-refractivity contribution in [1.82, 2.24) is 4.90 Å². The summed E-state index contributed by atoms with van der Waals surface area (Å²) in [6.45, 7) is 6.23. The van der Waals surface area contributed by atoms with Gasteiger partial charge in [-0.15, -0.1) is 11.6 Å². The minimum atomic E-state index is -0.00780. The summed E-state index contributed by atoms with van der Waals surface area (Å²) in [4.78, 5) is 15.5. The predicted molar refractivity (Wildman–Crippen MR) is 101 cm³/mol. The number of rotatable bonds is 6. The molecule has 1 saturated heterocycles. The fourth-order valence-corrected chi connectivity index (χ4v) is 4.15. The van der Waals surface area contributed by atoms with E-state index in [1.165, 1.54) is 19.3 Å². The van der Waals surface area contributed by atoms with Crippen molar-refractivity contribution in [2.24, 2.45) is 11.8 Å². The molecule has 24 heavy (non-hydrogen) atoms. The molecule has 1 aliphatic heterocycles. The van der Waals surface area contributed by atoms with Crippen LogP contribution in [0.2, 0.25) is 0 Å². The van der Waals surface area contributed by atoms with E-state index in [0.29, 0.717) is 11.8 Å². The molecule has 2 aliphatic rings. The van der Waals surface area contributed by atoms with Gasteiger partial charge in [0.05, 0.1) is 6.04 Å². The lowest BCUT2D eigenvalue weighted by atomic mass is 9.88. The second-order valence-corrected chi connectivity index (χ2v) is 7.96. The van der Waals surface area contributed by atoms with Crippen molar-refractivity contribution in [2.75, 3.05) is 24.3 Å². The van der Waals surface area contributed by atoms with Crippen molar-refractivity contribution in [2.45, 2.75) is 52.0 Å². The molecule has 132 valence electrons. The minimum Gasteiger partial charge on any atom is -0.324 e. The minimum absolute atomic E-state index is 0.00780. The van der Waals surface area contributed by atoms with Crippen LogP contribution in [0.1, 0.15) is 43.2 Å². The number of nitrogens with zero attached hydrogens (tertiary/aromatic N) is 1. The van der Waals surface area contributed by atoms with Gasteiger partial charge >= 0.3 is 0 Å². The molecule has 4 heteroatoms. The van der Waals surface area contributed by atoms with Crippen LogP contribution in [0.5, 0.6) is 0 Å². The fourth-order valence-electron chi connectivity index (χ4n) is 3.84. The van der Waals surface area contributed by atoms with Gasteiger partial charge in [-0.05, 0) is 75.5 Å². The Kier molecular flexibility index (Phi) is 5.83. The Labute approximate surface area is 150 Å². The second kappa shape index (κ2) is 7.88. The van der Waals surface area contributed by atoms with E-state index in [0.717, 1.165) is 48.7 Å². The Balaban J connectivity index is 1.72. The summed E-state index contributed by atoms with van der Waals surface area (Å²) >= 11 is 5.95. The molecule has 0 unspecified atom stereocenters. The van der Waals surface area contributed by atoms with Gasteiger partial charge in [-0.3, -0.25) is 9.69 Å². The van der Waals surface area contributed by atoms with Crippen molar-refractivity contribution in [3.8, 4) is 0 Å². The molecule has 1 aromatic carbocycles. The van der Waals surface area contributed by atoms with Crippen molar-refractivity contribution in [1.29, 1.82) is 0 Å². The van der Waals surface area contributed by atoms with Crippen LogP contribution in [-0.2, 0) is 4.79 Å². The maximum atomic E-state index is 13.0. The maximum absolute atomic E-state index is 13.0. The summed E-state index contributed by atoms with van der Waals surface area (Å²) in [6.07, 6.45) is 5.79. The van der Waals surface area contributed by atoms with Gasteiger partial charge in [-0.25, -0.2) is 0 Å². The first-order valence-electron chi connectivity index (χ1n) is 9.25. The molecule has 3 rings (SSSR count). The topological polar surface area (TPSA) is 32.3 Å². The standard InChI is InChI=1S/C20H29ClN2O/c1-14-4-3-5-15(2)19(14)22-20(24)18-12-16(8-10-21)9-11-23(18)13-17-6-7-17/h3-5,16-18H,6-13H2,1-2H3,(H,22,24)/t16-,18+/m1/s1. The van der Waals surface area contributed by atoms with Crippen LogP contribution >= 0.6 is 11.6 Å². The SMILES string of the molecule is Cc1cccc(C)c1NC(=O)[C@@H]1C[C@H](CCCl)CCN1CC1CC1. The highest BCUT2D eigenvalue weighted by molar-refractivity contribution is 6.17. The first-order chi connectivity index (χ1) is 11.6. The molecule has 2 atom stereocenters. The van der Waals surface area contributed by atoms with Crippen LogP contribution in [0.25, 0.3) is 0 Å². The second-order valence-electron chi connectivity index (χ2n) is 7.58. The van der Waals surface area contributed by atoms with Gasteiger partial charge in [0.15, 0.2) is 0 Å². The molecule has 0 spiro atoms. The molecule has 0 aromatic heterocycles. The summed E-state index contributed by atoms with van der Waals surface area (Å²) in [5.74, 6) is 2.24. The third-order valence-corrected chi connectivity index (χ3v) is 5.78. The highest BCUT2D eigenvalue weighted by Gasteiger charge is 2.36. The van der Waals surface area contributed by atoms with Crippen LogP contribution in [0.15, 0.2) is 18.2 Å². The third-order valence-electron chi connectivity index (χ3n) is 5.56. The number of hydrogen-bond donors (Lipinski definition) is 1. The van der Waals surface area contributed by atoms with Gasteiger partial charge in [0.1, 0.15) is 0 Å². The summed E-state index contributed by atoms with van der Waals surface area (Å²) in [5.41, 5.74) is 3.24. The fraction of sp³-hybridized carbons (Fsp3) is 0.650. The molecule has 3 nitrogen and oxygen atoms in total. The van der Waals surface area contributed by atoms with Gasteiger partial charge < -0.3 is 5.32 Å². The number of benzene rings is 1. The number of para-hydroxylation sites is 1. The third kappa shape index (κ3) is 4.31. The molecule has 1 N–H and O–H groups in total. The summed E-state index contributed by atoms with van der Waals surface area (Å²) in [7, 11) is 0. The number of piperidine rings is 1. The lowest BCUT2D eigenvalue weighted by Gasteiger charge is -2.38. The Bertz CT molecular complexity index is 565. The first-order valence-corrected chi connectivity index (χ1v) is 9.79. The Hall–Kier alpha value is -1.06. The lowest BCUT2D eigenvalue weighted by Crippen LogP contribution is -2.50. The quantitative estimate of drug-likeness (QED) is 0.774. The molecule has 2 fully saturated rings. The van der Waals surface area contributed by atoms with Crippen molar-refractivity contribution >= 4 is 23.2 Å². The van der Waals surface area contributed by atoms with Crippen LogP contribution in [-0.4, -0.2) is 35.8 Å². The maximum Gasteiger partial charge on any atom is 0.241 e. The molecular formula is C20H29ClN2O. The van der Waals surface area contributed by atoms with E-state index in [1.807, 2.05) is 6.07 Å². The molecule has 0 radical (unpaired) electrons. The number of hydrogen-bond acceptors (Lipinski definition) is 2. The van der Waals surface area contributed by atoms with Gasteiger partial charge in [0.2, 0.25) is 5.91 Å². The summed E-state index contributed by atoms with van der Waals surface area (Å²) in [6, 6.07) is 6.15. The number of aryl methyl sites for hydroxylation is 2. The Morgan fingerprint density at radius 1 is 1.21 bits per heavy atom. The van der Waals surface area contributed by atoms with Gasteiger partial charge in [0, 0.05) is 18.1 Å². The number of halogens is 1. The molecule has 1 aromatic rings. The lowest BCUT2D eigenvalue weighted by molar-refractivity contribution is -0.123. The van der Waals surface area contributed by atoms with Crippen LogP contribution < -0.4 is 5.32 Å². The van der Waals surface area contributed by atoms with Crippen LogP contribution in [0.3, 0.4) is 0 Å². The van der Waals surface area contributed by atoms with E-state index in [4.69, 9.17) is 11.6 Å². The summed E-state index contributed by atoms with van der Waals surface area (Å²) in [5, 5.41) is 3.22. The predicted octanol–water partition coefficient (Wildman–Crippen LogP) is 4.36. The van der Waals surface area contributed by atoms with Crippen LogP contribution in [0, 0.1) is 25.7 Å². The molecule has 0 bridgehead atoms. The highest BCUT2D eigenvalue weighted by Crippen LogP contribution is 2.34. The molecule has 1 aliphatic carbocycles. The van der Waals surface area contributed by atoms with Gasteiger partial charge in [-0.2, -0.15) is 0 Å². The molecule has 1 heterocycles. The molecule has 1 saturated carbocycles. The average molecular weight is 349 g/mol. The number of likely N-dealkylation sites (tertiary alicyclic amines) is 1. The zero-order valence-electron chi connectivity index (χ0n) is 14.9.